The number of likely N-dealkylation sites (tertiary alicyclic amines) is 1. The molecule has 0 saturated carbocycles. The molecule has 2 aromatic rings. The van der Waals surface area contributed by atoms with Crippen molar-refractivity contribution in [3.05, 3.63) is 42.0 Å². The molecule has 1 aromatic heterocycles. The standard InChI is InChI=1S/C17H23N5O/c1-12-5-6-21(15(7-12)9-18)17(23)16-4-3-14(8-13(16)2)22-11-19-10-20-22/h3-4,8,10-12,15H,5-7,9,18H2,1-2H3. The molecular weight excluding hydrogens is 290 g/mol. The van der Waals surface area contributed by atoms with Gasteiger partial charge in [0.1, 0.15) is 12.7 Å². The molecule has 1 saturated heterocycles. The van der Waals surface area contributed by atoms with Crippen LogP contribution in [0.15, 0.2) is 30.9 Å². The van der Waals surface area contributed by atoms with Crippen LogP contribution in [0.25, 0.3) is 5.69 Å². The number of nitrogens with zero attached hydrogens (tertiary/aromatic N) is 4. The van der Waals surface area contributed by atoms with Crippen molar-refractivity contribution in [1.82, 2.24) is 19.7 Å². The summed E-state index contributed by atoms with van der Waals surface area (Å²) >= 11 is 0. The number of nitrogens with two attached hydrogens (primary N) is 1. The molecule has 1 aliphatic rings. The number of benzene rings is 1. The zero-order valence-corrected chi connectivity index (χ0v) is 13.6. The van der Waals surface area contributed by atoms with Crippen LogP contribution < -0.4 is 5.73 Å². The molecule has 0 radical (unpaired) electrons. The van der Waals surface area contributed by atoms with Gasteiger partial charge in [-0.2, -0.15) is 5.10 Å². The van der Waals surface area contributed by atoms with E-state index >= 15 is 0 Å². The van der Waals surface area contributed by atoms with E-state index in [-0.39, 0.29) is 11.9 Å². The lowest BCUT2D eigenvalue weighted by Gasteiger charge is -2.38. The van der Waals surface area contributed by atoms with Crippen molar-refractivity contribution in [2.24, 2.45) is 11.7 Å². The Hall–Kier alpha value is -2.21. The Balaban J connectivity index is 1.85. The summed E-state index contributed by atoms with van der Waals surface area (Å²) in [7, 11) is 0. The van der Waals surface area contributed by atoms with Crippen molar-refractivity contribution in [1.29, 1.82) is 0 Å². The Bertz CT molecular complexity index is 682. The number of aromatic nitrogens is 3. The van der Waals surface area contributed by atoms with Crippen molar-refractivity contribution in [3.8, 4) is 5.69 Å². The summed E-state index contributed by atoms with van der Waals surface area (Å²) < 4.78 is 1.69. The second-order valence-electron chi connectivity index (χ2n) is 6.36. The lowest BCUT2D eigenvalue weighted by Crippen LogP contribution is -2.49. The summed E-state index contributed by atoms with van der Waals surface area (Å²) in [5.74, 6) is 0.707. The smallest absolute Gasteiger partial charge is 0.254 e. The molecule has 1 aromatic carbocycles. The number of amides is 1. The van der Waals surface area contributed by atoms with Crippen LogP contribution in [0.5, 0.6) is 0 Å². The van der Waals surface area contributed by atoms with Crippen LogP contribution in [-0.4, -0.2) is 44.7 Å². The number of piperidine rings is 1. The van der Waals surface area contributed by atoms with Crippen molar-refractivity contribution in [2.45, 2.75) is 32.7 Å². The summed E-state index contributed by atoms with van der Waals surface area (Å²) in [4.78, 5) is 18.8. The first-order valence-electron chi connectivity index (χ1n) is 8.07. The maximum absolute atomic E-state index is 12.9. The maximum Gasteiger partial charge on any atom is 0.254 e. The van der Waals surface area contributed by atoms with Gasteiger partial charge in [-0.15, -0.1) is 0 Å². The molecule has 0 bridgehead atoms. The predicted octanol–water partition coefficient (Wildman–Crippen LogP) is 1.78. The highest BCUT2D eigenvalue weighted by atomic mass is 16.2. The SMILES string of the molecule is Cc1cc(-n2cncn2)ccc1C(=O)N1CCC(C)CC1CN. The first-order chi connectivity index (χ1) is 11.1. The van der Waals surface area contributed by atoms with Gasteiger partial charge in [0.25, 0.3) is 5.91 Å². The second-order valence-corrected chi connectivity index (χ2v) is 6.36. The lowest BCUT2D eigenvalue weighted by atomic mass is 9.91. The van der Waals surface area contributed by atoms with E-state index in [9.17, 15) is 4.79 Å². The van der Waals surface area contributed by atoms with E-state index < -0.39 is 0 Å². The minimum absolute atomic E-state index is 0.0787. The fraction of sp³-hybridized carbons (Fsp3) is 0.471. The minimum atomic E-state index is 0.0787. The fourth-order valence-electron chi connectivity index (χ4n) is 3.27. The first-order valence-corrected chi connectivity index (χ1v) is 8.07. The normalized spacial score (nSPS) is 21.4. The number of hydrogen-bond acceptors (Lipinski definition) is 4. The predicted molar refractivity (Wildman–Crippen MR) is 88.4 cm³/mol. The van der Waals surface area contributed by atoms with E-state index in [0.717, 1.165) is 36.2 Å². The van der Waals surface area contributed by atoms with Crippen LogP contribution in [0.3, 0.4) is 0 Å². The maximum atomic E-state index is 12.9. The highest BCUT2D eigenvalue weighted by Gasteiger charge is 2.30. The van der Waals surface area contributed by atoms with Gasteiger partial charge < -0.3 is 10.6 Å². The molecular formula is C17H23N5O. The monoisotopic (exact) mass is 313 g/mol. The van der Waals surface area contributed by atoms with Crippen molar-refractivity contribution in [2.75, 3.05) is 13.1 Å². The van der Waals surface area contributed by atoms with E-state index in [1.807, 2.05) is 30.0 Å². The van der Waals surface area contributed by atoms with Crippen LogP contribution >= 0.6 is 0 Å². The van der Waals surface area contributed by atoms with Crippen LogP contribution in [0.2, 0.25) is 0 Å². The summed E-state index contributed by atoms with van der Waals surface area (Å²) in [6, 6.07) is 5.88. The van der Waals surface area contributed by atoms with Crippen LogP contribution in [0.1, 0.15) is 35.7 Å². The highest BCUT2D eigenvalue weighted by molar-refractivity contribution is 5.96. The third-order valence-electron chi connectivity index (χ3n) is 4.63. The molecule has 122 valence electrons. The van der Waals surface area contributed by atoms with Gasteiger partial charge in [0.2, 0.25) is 0 Å². The molecule has 23 heavy (non-hydrogen) atoms. The molecule has 1 amide bonds. The summed E-state index contributed by atoms with van der Waals surface area (Å²) in [6.45, 7) is 5.48. The van der Waals surface area contributed by atoms with Gasteiger partial charge >= 0.3 is 0 Å². The van der Waals surface area contributed by atoms with E-state index in [4.69, 9.17) is 5.73 Å². The zero-order chi connectivity index (χ0) is 16.4. The summed E-state index contributed by atoms with van der Waals surface area (Å²) in [6.07, 6.45) is 5.17. The van der Waals surface area contributed by atoms with Crippen molar-refractivity contribution < 1.29 is 4.79 Å². The Labute approximate surface area is 136 Å². The zero-order valence-electron chi connectivity index (χ0n) is 13.6. The quantitative estimate of drug-likeness (QED) is 0.937. The van der Waals surface area contributed by atoms with Gasteiger partial charge in [-0.05, 0) is 49.4 Å². The number of rotatable bonds is 3. The molecule has 1 fully saturated rings. The van der Waals surface area contributed by atoms with Gasteiger partial charge in [0.15, 0.2) is 0 Å². The largest absolute Gasteiger partial charge is 0.334 e. The van der Waals surface area contributed by atoms with Gasteiger partial charge in [0.05, 0.1) is 5.69 Å². The first kappa shape index (κ1) is 15.7. The molecule has 1 aliphatic heterocycles. The molecule has 2 heterocycles. The molecule has 0 aliphatic carbocycles. The van der Waals surface area contributed by atoms with Gasteiger partial charge in [-0.25, -0.2) is 9.67 Å². The molecule has 2 unspecified atom stereocenters. The fourth-order valence-corrected chi connectivity index (χ4v) is 3.27. The van der Waals surface area contributed by atoms with Crippen LogP contribution in [-0.2, 0) is 0 Å². The van der Waals surface area contributed by atoms with Gasteiger partial charge in [-0.1, -0.05) is 6.92 Å². The third kappa shape index (κ3) is 3.12. The molecule has 0 spiro atoms. The molecule has 2 atom stereocenters. The van der Waals surface area contributed by atoms with Crippen molar-refractivity contribution in [3.63, 3.8) is 0 Å². The van der Waals surface area contributed by atoms with E-state index in [0.29, 0.717) is 12.5 Å². The average Bonchev–Trinajstić information content (AvgIpc) is 3.08. The topological polar surface area (TPSA) is 77.0 Å². The molecule has 6 nitrogen and oxygen atoms in total. The minimum Gasteiger partial charge on any atom is -0.334 e. The number of aryl methyl sites for hydroxylation is 1. The second kappa shape index (κ2) is 6.50. The number of carbonyl (C=O) groups is 1. The molecule has 3 rings (SSSR count). The van der Waals surface area contributed by atoms with E-state index in [1.54, 1.807) is 11.0 Å². The molecule has 6 heteroatoms. The third-order valence-corrected chi connectivity index (χ3v) is 4.63. The van der Waals surface area contributed by atoms with E-state index in [2.05, 4.69) is 17.0 Å². The highest BCUT2D eigenvalue weighted by Crippen LogP contribution is 2.25. The Morgan fingerprint density at radius 3 is 2.91 bits per heavy atom. The lowest BCUT2D eigenvalue weighted by molar-refractivity contribution is 0.0573. The van der Waals surface area contributed by atoms with Crippen LogP contribution in [0, 0.1) is 12.8 Å². The number of carbonyl (C=O) groups excluding carboxylic acids is 1. The Kier molecular flexibility index (Phi) is 4.43. The Morgan fingerprint density at radius 1 is 1.43 bits per heavy atom. The molecule has 2 N–H and O–H groups in total. The van der Waals surface area contributed by atoms with Gasteiger partial charge in [-0.3, -0.25) is 4.79 Å². The van der Waals surface area contributed by atoms with E-state index in [1.165, 1.54) is 6.33 Å². The summed E-state index contributed by atoms with van der Waals surface area (Å²) in [5.41, 5.74) is 8.47. The number of hydrogen-bond donors (Lipinski definition) is 1. The van der Waals surface area contributed by atoms with Crippen molar-refractivity contribution >= 4 is 5.91 Å². The Morgan fingerprint density at radius 2 is 2.26 bits per heavy atom. The average molecular weight is 313 g/mol. The van der Waals surface area contributed by atoms with Crippen LogP contribution in [0.4, 0.5) is 0 Å². The summed E-state index contributed by atoms with van der Waals surface area (Å²) in [5, 5.41) is 4.12. The van der Waals surface area contributed by atoms with Gasteiger partial charge in [0, 0.05) is 24.7 Å².